The Kier molecular flexibility index (Phi) is 3.53. The van der Waals surface area contributed by atoms with E-state index in [0.717, 1.165) is 17.5 Å². The standard InChI is InChI=1S/C12H18O2/c1-8-6-11(5-4-10(3)13)12(14)7-9(8)2/h6-7,10,13-14H,4-5H2,1-3H3/t10-/m0/s1. The molecule has 0 radical (unpaired) electrons. The van der Waals surface area contributed by atoms with Crippen molar-refractivity contribution in [2.45, 2.75) is 39.7 Å². The third kappa shape index (κ3) is 2.74. The summed E-state index contributed by atoms with van der Waals surface area (Å²) >= 11 is 0. The molecule has 1 aromatic carbocycles. The highest BCUT2D eigenvalue weighted by molar-refractivity contribution is 5.40. The Hall–Kier alpha value is -1.02. The highest BCUT2D eigenvalue weighted by Gasteiger charge is 2.05. The van der Waals surface area contributed by atoms with Crippen LogP contribution in [0.5, 0.6) is 5.75 Å². The van der Waals surface area contributed by atoms with Crippen LogP contribution in [-0.2, 0) is 6.42 Å². The predicted octanol–water partition coefficient (Wildman–Crippen LogP) is 2.32. The van der Waals surface area contributed by atoms with Crippen molar-refractivity contribution in [1.82, 2.24) is 0 Å². The second-order valence-corrected chi connectivity index (χ2v) is 3.95. The van der Waals surface area contributed by atoms with Gasteiger partial charge in [-0.25, -0.2) is 0 Å². The van der Waals surface area contributed by atoms with Crippen molar-refractivity contribution in [3.63, 3.8) is 0 Å². The molecule has 78 valence electrons. The van der Waals surface area contributed by atoms with Gasteiger partial charge in [-0.2, -0.15) is 0 Å². The molecular weight excluding hydrogens is 176 g/mol. The van der Waals surface area contributed by atoms with Crippen LogP contribution in [0.25, 0.3) is 0 Å². The first-order valence-corrected chi connectivity index (χ1v) is 4.98. The molecule has 0 saturated carbocycles. The minimum Gasteiger partial charge on any atom is -0.508 e. The molecule has 1 aromatic rings. The summed E-state index contributed by atoms with van der Waals surface area (Å²) in [5, 5.41) is 18.8. The normalized spacial score (nSPS) is 12.9. The third-order valence-corrected chi connectivity index (χ3v) is 2.53. The second kappa shape index (κ2) is 4.47. The van der Waals surface area contributed by atoms with Crippen LogP contribution in [0.3, 0.4) is 0 Å². The van der Waals surface area contributed by atoms with E-state index >= 15 is 0 Å². The fourth-order valence-electron chi connectivity index (χ4n) is 1.43. The van der Waals surface area contributed by atoms with Gasteiger partial charge >= 0.3 is 0 Å². The van der Waals surface area contributed by atoms with Gasteiger partial charge in [0.15, 0.2) is 0 Å². The fourth-order valence-corrected chi connectivity index (χ4v) is 1.43. The number of phenols is 1. The Balaban J connectivity index is 2.82. The Labute approximate surface area is 85.2 Å². The number of aliphatic hydroxyl groups is 1. The Morgan fingerprint density at radius 1 is 1.21 bits per heavy atom. The fraction of sp³-hybridized carbons (Fsp3) is 0.500. The Morgan fingerprint density at radius 3 is 2.36 bits per heavy atom. The van der Waals surface area contributed by atoms with Crippen LogP contribution in [0.1, 0.15) is 30.0 Å². The molecule has 0 bridgehead atoms. The average molecular weight is 194 g/mol. The first-order chi connectivity index (χ1) is 6.50. The van der Waals surface area contributed by atoms with Gasteiger partial charge in [0.05, 0.1) is 6.10 Å². The summed E-state index contributed by atoms with van der Waals surface area (Å²) in [6, 6.07) is 3.78. The summed E-state index contributed by atoms with van der Waals surface area (Å²) in [5.41, 5.74) is 3.21. The Morgan fingerprint density at radius 2 is 1.79 bits per heavy atom. The van der Waals surface area contributed by atoms with Crippen molar-refractivity contribution in [3.05, 3.63) is 28.8 Å². The van der Waals surface area contributed by atoms with Gasteiger partial charge in [-0.05, 0) is 56.4 Å². The maximum atomic E-state index is 9.65. The second-order valence-electron chi connectivity index (χ2n) is 3.95. The van der Waals surface area contributed by atoms with Crippen molar-refractivity contribution >= 4 is 0 Å². The van der Waals surface area contributed by atoms with Crippen molar-refractivity contribution in [1.29, 1.82) is 0 Å². The molecule has 2 N–H and O–H groups in total. The van der Waals surface area contributed by atoms with E-state index in [0.29, 0.717) is 12.2 Å². The molecular formula is C12H18O2. The SMILES string of the molecule is Cc1cc(O)c(CC[C@H](C)O)cc1C. The van der Waals surface area contributed by atoms with E-state index in [2.05, 4.69) is 0 Å². The van der Waals surface area contributed by atoms with Gasteiger partial charge in [0.25, 0.3) is 0 Å². The molecule has 0 aliphatic heterocycles. The van der Waals surface area contributed by atoms with E-state index < -0.39 is 0 Å². The highest BCUT2D eigenvalue weighted by atomic mass is 16.3. The number of rotatable bonds is 3. The van der Waals surface area contributed by atoms with E-state index in [1.165, 1.54) is 5.56 Å². The van der Waals surface area contributed by atoms with Crippen LogP contribution in [-0.4, -0.2) is 16.3 Å². The molecule has 14 heavy (non-hydrogen) atoms. The van der Waals surface area contributed by atoms with Crippen LogP contribution < -0.4 is 0 Å². The number of phenolic OH excluding ortho intramolecular Hbond substituents is 1. The van der Waals surface area contributed by atoms with Crippen LogP contribution in [0, 0.1) is 13.8 Å². The monoisotopic (exact) mass is 194 g/mol. The zero-order valence-corrected chi connectivity index (χ0v) is 9.04. The van der Waals surface area contributed by atoms with Gasteiger partial charge in [-0.15, -0.1) is 0 Å². The smallest absolute Gasteiger partial charge is 0.119 e. The molecule has 2 heteroatoms. The van der Waals surface area contributed by atoms with Crippen molar-refractivity contribution in [3.8, 4) is 5.75 Å². The lowest BCUT2D eigenvalue weighted by Gasteiger charge is -2.09. The topological polar surface area (TPSA) is 40.5 Å². The van der Waals surface area contributed by atoms with Crippen LogP contribution in [0.2, 0.25) is 0 Å². The van der Waals surface area contributed by atoms with Gasteiger partial charge < -0.3 is 10.2 Å². The molecule has 0 saturated heterocycles. The van der Waals surface area contributed by atoms with Crippen molar-refractivity contribution in [2.75, 3.05) is 0 Å². The lowest BCUT2D eigenvalue weighted by Crippen LogP contribution is -2.02. The van der Waals surface area contributed by atoms with Crippen molar-refractivity contribution < 1.29 is 10.2 Å². The molecule has 0 fully saturated rings. The summed E-state index contributed by atoms with van der Waals surface area (Å²) in [6.07, 6.45) is 1.11. The summed E-state index contributed by atoms with van der Waals surface area (Å²) in [5.74, 6) is 0.341. The summed E-state index contributed by atoms with van der Waals surface area (Å²) in [4.78, 5) is 0. The lowest BCUT2D eigenvalue weighted by atomic mass is 10.0. The minimum absolute atomic E-state index is 0.309. The highest BCUT2D eigenvalue weighted by Crippen LogP contribution is 2.23. The minimum atomic E-state index is -0.309. The maximum absolute atomic E-state index is 9.65. The van der Waals surface area contributed by atoms with Gasteiger partial charge in [-0.1, -0.05) is 6.07 Å². The summed E-state index contributed by atoms with van der Waals surface area (Å²) in [7, 11) is 0. The van der Waals surface area contributed by atoms with Gasteiger partial charge in [0, 0.05) is 0 Å². The maximum Gasteiger partial charge on any atom is 0.119 e. The summed E-state index contributed by atoms with van der Waals surface area (Å²) < 4.78 is 0. The predicted molar refractivity (Wildman–Crippen MR) is 57.6 cm³/mol. The third-order valence-electron chi connectivity index (χ3n) is 2.53. The first kappa shape index (κ1) is 11.1. The molecule has 2 nitrogen and oxygen atoms in total. The number of aryl methyl sites for hydroxylation is 3. The van der Waals surface area contributed by atoms with E-state index in [4.69, 9.17) is 5.11 Å². The number of hydrogen-bond donors (Lipinski definition) is 2. The molecule has 0 spiro atoms. The largest absolute Gasteiger partial charge is 0.508 e. The number of aliphatic hydroxyl groups excluding tert-OH is 1. The molecule has 0 aromatic heterocycles. The van der Waals surface area contributed by atoms with E-state index in [-0.39, 0.29) is 6.10 Å². The molecule has 0 amide bonds. The summed E-state index contributed by atoms with van der Waals surface area (Å²) in [6.45, 7) is 5.77. The van der Waals surface area contributed by atoms with Gasteiger partial charge in [-0.3, -0.25) is 0 Å². The molecule has 0 aliphatic carbocycles. The van der Waals surface area contributed by atoms with Crippen LogP contribution in [0.4, 0.5) is 0 Å². The number of benzene rings is 1. The molecule has 1 atom stereocenters. The zero-order chi connectivity index (χ0) is 10.7. The first-order valence-electron chi connectivity index (χ1n) is 4.98. The number of aromatic hydroxyl groups is 1. The zero-order valence-electron chi connectivity index (χ0n) is 9.04. The van der Waals surface area contributed by atoms with E-state index in [1.807, 2.05) is 19.9 Å². The van der Waals surface area contributed by atoms with Crippen LogP contribution in [0.15, 0.2) is 12.1 Å². The molecule has 0 heterocycles. The molecule has 0 aliphatic rings. The van der Waals surface area contributed by atoms with E-state index in [9.17, 15) is 5.11 Å². The lowest BCUT2D eigenvalue weighted by molar-refractivity contribution is 0.184. The van der Waals surface area contributed by atoms with Crippen LogP contribution >= 0.6 is 0 Å². The number of hydrogen-bond acceptors (Lipinski definition) is 2. The van der Waals surface area contributed by atoms with Crippen molar-refractivity contribution in [2.24, 2.45) is 0 Å². The van der Waals surface area contributed by atoms with E-state index in [1.54, 1.807) is 13.0 Å². The van der Waals surface area contributed by atoms with Gasteiger partial charge in [0.2, 0.25) is 0 Å². The molecule has 0 unspecified atom stereocenters. The average Bonchev–Trinajstić information content (AvgIpc) is 2.09. The van der Waals surface area contributed by atoms with Gasteiger partial charge in [0.1, 0.15) is 5.75 Å². The Bertz CT molecular complexity index is 316. The quantitative estimate of drug-likeness (QED) is 0.775. The molecule has 1 rings (SSSR count).